The van der Waals surface area contributed by atoms with Gasteiger partial charge in [0.2, 0.25) is 0 Å². The lowest BCUT2D eigenvalue weighted by Gasteiger charge is -2.13. The molecule has 2 unspecified atom stereocenters. The Morgan fingerprint density at radius 1 is 1.47 bits per heavy atom. The second-order valence-corrected chi connectivity index (χ2v) is 3.86. The van der Waals surface area contributed by atoms with E-state index in [0.717, 1.165) is 19.4 Å². The Morgan fingerprint density at radius 2 is 2.13 bits per heavy atom. The number of hydrogen-bond acceptors (Lipinski definition) is 4. The van der Waals surface area contributed by atoms with Gasteiger partial charge in [0.05, 0.1) is 19.1 Å². The van der Waals surface area contributed by atoms with E-state index < -0.39 is 0 Å². The number of carbonyl (C=O) groups excluding carboxylic acids is 1. The SMILES string of the molecule is CCOC(=O)CC(C)NCCCC(C)O. The van der Waals surface area contributed by atoms with Crippen LogP contribution < -0.4 is 5.32 Å². The highest BCUT2D eigenvalue weighted by atomic mass is 16.5. The Balaban J connectivity index is 3.40. The molecule has 2 atom stereocenters. The second kappa shape index (κ2) is 8.68. The van der Waals surface area contributed by atoms with Crippen molar-refractivity contribution in [1.29, 1.82) is 0 Å². The Kier molecular flexibility index (Phi) is 8.33. The molecule has 0 aliphatic heterocycles. The number of ether oxygens (including phenoxy) is 1. The third-order valence-electron chi connectivity index (χ3n) is 2.07. The van der Waals surface area contributed by atoms with Crippen LogP contribution in [0.5, 0.6) is 0 Å². The summed E-state index contributed by atoms with van der Waals surface area (Å²) in [6.45, 7) is 6.80. The molecule has 0 fully saturated rings. The number of esters is 1. The molecular weight excluding hydrogens is 194 g/mol. The maximum atomic E-state index is 11.1. The number of rotatable bonds is 8. The van der Waals surface area contributed by atoms with Gasteiger partial charge in [-0.25, -0.2) is 0 Å². The van der Waals surface area contributed by atoms with E-state index in [1.54, 1.807) is 13.8 Å². The standard InChI is InChI=1S/C11H23NO3/c1-4-15-11(14)8-9(2)12-7-5-6-10(3)13/h9-10,12-13H,4-8H2,1-3H3. The van der Waals surface area contributed by atoms with Crippen LogP contribution in [0.25, 0.3) is 0 Å². The van der Waals surface area contributed by atoms with Gasteiger partial charge in [0.1, 0.15) is 0 Å². The van der Waals surface area contributed by atoms with Crippen LogP contribution in [0, 0.1) is 0 Å². The van der Waals surface area contributed by atoms with Crippen molar-refractivity contribution in [3.05, 3.63) is 0 Å². The topological polar surface area (TPSA) is 58.6 Å². The molecule has 90 valence electrons. The summed E-state index contributed by atoms with van der Waals surface area (Å²) in [4.78, 5) is 11.1. The molecule has 0 amide bonds. The van der Waals surface area contributed by atoms with Crippen molar-refractivity contribution in [2.24, 2.45) is 0 Å². The van der Waals surface area contributed by atoms with Crippen molar-refractivity contribution in [1.82, 2.24) is 5.32 Å². The van der Waals surface area contributed by atoms with Gasteiger partial charge in [0.15, 0.2) is 0 Å². The minimum Gasteiger partial charge on any atom is -0.466 e. The van der Waals surface area contributed by atoms with Crippen molar-refractivity contribution in [3.8, 4) is 0 Å². The van der Waals surface area contributed by atoms with E-state index in [9.17, 15) is 4.79 Å². The van der Waals surface area contributed by atoms with Gasteiger partial charge in [-0.1, -0.05) is 0 Å². The lowest BCUT2D eigenvalue weighted by Crippen LogP contribution is -2.30. The lowest BCUT2D eigenvalue weighted by atomic mass is 10.2. The van der Waals surface area contributed by atoms with Crippen molar-refractivity contribution in [2.45, 2.75) is 52.2 Å². The van der Waals surface area contributed by atoms with Crippen LogP contribution in [0.15, 0.2) is 0 Å². The third-order valence-corrected chi connectivity index (χ3v) is 2.07. The van der Waals surface area contributed by atoms with Crippen molar-refractivity contribution in [2.75, 3.05) is 13.2 Å². The second-order valence-electron chi connectivity index (χ2n) is 3.86. The Bertz CT molecular complexity index is 171. The lowest BCUT2D eigenvalue weighted by molar-refractivity contribution is -0.143. The van der Waals surface area contributed by atoms with Gasteiger partial charge in [-0.2, -0.15) is 0 Å². The Labute approximate surface area is 92.0 Å². The molecule has 0 radical (unpaired) electrons. The zero-order valence-electron chi connectivity index (χ0n) is 9.95. The molecule has 4 nitrogen and oxygen atoms in total. The first-order chi connectivity index (χ1) is 7.06. The Hall–Kier alpha value is -0.610. The maximum absolute atomic E-state index is 11.1. The van der Waals surface area contributed by atoms with Crippen LogP contribution in [0.4, 0.5) is 0 Å². The molecule has 2 N–H and O–H groups in total. The van der Waals surface area contributed by atoms with Crippen LogP contribution in [-0.4, -0.2) is 36.4 Å². The molecular formula is C11H23NO3. The highest BCUT2D eigenvalue weighted by Gasteiger charge is 2.08. The molecule has 0 heterocycles. The monoisotopic (exact) mass is 217 g/mol. The van der Waals surface area contributed by atoms with Gasteiger partial charge in [-0.3, -0.25) is 4.79 Å². The van der Waals surface area contributed by atoms with Gasteiger partial charge < -0.3 is 15.2 Å². The predicted molar refractivity (Wildman–Crippen MR) is 59.6 cm³/mol. The first kappa shape index (κ1) is 14.4. The van der Waals surface area contributed by atoms with Gasteiger partial charge in [0, 0.05) is 6.04 Å². The average molecular weight is 217 g/mol. The van der Waals surface area contributed by atoms with Crippen LogP contribution in [0.1, 0.15) is 40.0 Å². The molecule has 4 heteroatoms. The van der Waals surface area contributed by atoms with Crippen molar-refractivity contribution in [3.63, 3.8) is 0 Å². The molecule has 0 bridgehead atoms. The van der Waals surface area contributed by atoms with Gasteiger partial charge in [0.25, 0.3) is 0 Å². The summed E-state index contributed by atoms with van der Waals surface area (Å²) in [5.41, 5.74) is 0. The molecule has 0 saturated heterocycles. The molecule has 0 aliphatic carbocycles. The summed E-state index contributed by atoms with van der Waals surface area (Å²) in [7, 11) is 0. The normalized spacial score (nSPS) is 14.7. The summed E-state index contributed by atoms with van der Waals surface area (Å²) >= 11 is 0. The van der Waals surface area contributed by atoms with Gasteiger partial charge >= 0.3 is 5.97 Å². The van der Waals surface area contributed by atoms with E-state index in [0.29, 0.717) is 13.0 Å². The molecule has 15 heavy (non-hydrogen) atoms. The number of hydrogen-bond donors (Lipinski definition) is 2. The zero-order chi connectivity index (χ0) is 11.7. The summed E-state index contributed by atoms with van der Waals surface area (Å²) in [6.07, 6.45) is 1.87. The molecule has 0 aromatic heterocycles. The fraction of sp³-hybridized carbons (Fsp3) is 0.909. The number of nitrogens with one attached hydrogen (secondary N) is 1. The molecule has 0 aromatic carbocycles. The van der Waals surface area contributed by atoms with E-state index >= 15 is 0 Å². The van der Waals surface area contributed by atoms with E-state index in [2.05, 4.69) is 5.32 Å². The third kappa shape index (κ3) is 9.69. The quantitative estimate of drug-likeness (QED) is 0.472. The van der Waals surface area contributed by atoms with E-state index in [4.69, 9.17) is 9.84 Å². The van der Waals surface area contributed by atoms with E-state index in [1.165, 1.54) is 0 Å². The summed E-state index contributed by atoms with van der Waals surface area (Å²) < 4.78 is 4.84. The molecule has 0 aliphatic rings. The number of aliphatic hydroxyl groups is 1. The highest BCUT2D eigenvalue weighted by Crippen LogP contribution is 1.97. The largest absolute Gasteiger partial charge is 0.466 e. The first-order valence-electron chi connectivity index (χ1n) is 5.63. The zero-order valence-corrected chi connectivity index (χ0v) is 9.95. The van der Waals surface area contributed by atoms with E-state index in [-0.39, 0.29) is 18.1 Å². The average Bonchev–Trinajstić information content (AvgIpc) is 2.12. The number of carbonyl (C=O) groups is 1. The van der Waals surface area contributed by atoms with Gasteiger partial charge in [-0.05, 0) is 40.2 Å². The van der Waals surface area contributed by atoms with Crippen LogP contribution >= 0.6 is 0 Å². The molecule has 0 saturated carbocycles. The molecule has 0 spiro atoms. The number of aliphatic hydroxyl groups excluding tert-OH is 1. The Morgan fingerprint density at radius 3 is 2.67 bits per heavy atom. The van der Waals surface area contributed by atoms with Crippen molar-refractivity contribution >= 4 is 5.97 Å². The molecule has 0 rings (SSSR count). The van der Waals surface area contributed by atoms with Crippen LogP contribution in [0.3, 0.4) is 0 Å². The first-order valence-corrected chi connectivity index (χ1v) is 5.63. The van der Waals surface area contributed by atoms with Crippen LogP contribution in [-0.2, 0) is 9.53 Å². The minimum absolute atomic E-state index is 0.137. The summed E-state index contributed by atoms with van der Waals surface area (Å²) in [5, 5.41) is 12.2. The van der Waals surface area contributed by atoms with Crippen LogP contribution in [0.2, 0.25) is 0 Å². The minimum atomic E-state index is -0.243. The predicted octanol–water partition coefficient (Wildman–Crippen LogP) is 1.08. The highest BCUT2D eigenvalue weighted by molar-refractivity contribution is 5.69. The van der Waals surface area contributed by atoms with Crippen molar-refractivity contribution < 1.29 is 14.6 Å². The summed E-state index contributed by atoms with van der Waals surface area (Å²) in [6, 6.07) is 0.137. The van der Waals surface area contributed by atoms with Gasteiger partial charge in [-0.15, -0.1) is 0 Å². The fourth-order valence-corrected chi connectivity index (χ4v) is 1.29. The van der Waals surface area contributed by atoms with E-state index in [1.807, 2.05) is 6.92 Å². The maximum Gasteiger partial charge on any atom is 0.307 e. The fourth-order valence-electron chi connectivity index (χ4n) is 1.29. The smallest absolute Gasteiger partial charge is 0.307 e. The summed E-state index contributed by atoms with van der Waals surface area (Å²) in [5.74, 6) is -0.159. The molecule has 0 aromatic rings.